The summed E-state index contributed by atoms with van der Waals surface area (Å²) in [5.41, 5.74) is 0. The van der Waals surface area contributed by atoms with Gasteiger partial charge >= 0.3 is 29.8 Å². The molecule has 2 saturated carbocycles. The van der Waals surface area contributed by atoms with Crippen LogP contribution in [-0.2, 0) is 33.4 Å². The fourth-order valence-electron chi connectivity index (χ4n) is 4.66. The van der Waals surface area contributed by atoms with Crippen LogP contribution in [0.1, 0.15) is 25.7 Å². The van der Waals surface area contributed by atoms with E-state index in [0.717, 1.165) is 31.1 Å². The van der Waals surface area contributed by atoms with Gasteiger partial charge < -0.3 is 14.6 Å². The predicted octanol–water partition coefficient (Wildman–Crippen LogP) is 2.36. The summed E-state index contributed by atoms with van der Waals surface area (Å²) in [6, 6.07) is 0. The van der Waals surface area contributed by atoms with E-state index in [1.807, 2.05) is 12.2 Å². The van der Waals surface area contributed by atoms with E-state index >= 15 is 0 Å². The SMILES string of the molecule is C=CC(=O)O.O=C(/C=C\C(=O)OC(=O)C1CC2C=CC1C2)OC(=O)C1CC2C=CC1C2. The molecular formula is C23H24O8. The molecule has 8 heteroatoms. The maximum atomic E-state index is 12.0. The maximum Gasteiger partial charge on any atom is 0.338 e. The largest absolute Gasteiger partial charge is 0.478 e. The average molecular weight is 428 g/mol. The van der Waals surface area contributed by atoms with Crippen molar-refractivity contribution in [2.24, 2.45) is 35.5 Å². The summed E-state index contributed by atoms with van der Waals surface area (Å²) >= 11 is 0. The number of hydrogen-bond acceptors (Lipinski definition) is 7. The standard InChI is InChI=1S/C20H20O6.C3H4O2/c21-17(25-19(23)15-9-11-1-3-13(15)7-11)5-6-18(22)26-20(24)16-10-12-2-4-14(16)8-12;1-2-3(4)5/h1-6,11-16H,7-10H2;2H,1H2,(H,4,5)/b6-5-;. The molecule has 4 aliphatic rings. The Bertz CT molecular complexity index is 818. The number of aliphatic carboxylic acids is 1. The molecule has 4 rings (SSSR count). The van der Waals surface area contributed by atoms with Crippen LogP contribution in [0.2, 0.25) is 0 Å². The van der Waals surface area contributed by atoms with Crippen molar-refractivity contribution in [3.8, 4) is 0 Å². The van der Waals surface area contributed by atoms with Crippen LogP contribution >= 0.6 is 0 Å². The quantitative estimate of drug-likeness (QED) is 0.306. The van der Waals surface area contributed by atoms with Gasteiger partial charge in [-0.3, -0.25) is 9.59 Å². The van der Waals surface area contributed by atoms with Gasteiger partial charge in [-0.15, -0.1) is 0 Å². The Morgan fingerprint density at radius 3 is 1.39 bits per heavy atom. The molecule has 6 unspecified atom stereocenters. The summed E-state index contributed by atoms with van der Waals surface area (Å²) in [5, 5.41) is 7.60. The zero-order valence-corrected chi connectivity index (χ0v) is 16.8. The fraction of sp³-hybridized carbons (Fsp3) is 0.435. The molecule has 0 radical (unpaired) electrons. The number of carboxylic acid groups (broad SMARTS) is 1. The fourth-order valence-corrected chi connectivity index (χ4v) is 4.66. The van der Waals surface area contributed by atoms with E-state index in [9.17, 15) is 24.0 Å². The normalized spacial score (nSPS) is 31.2. The van der Waals surface area contributed by atoms with Crippen molar-refractivity contribution in [1.82, 2.24) is 0 Å². The van der Waals surface area contributed by atoms with Gasteiger partial charge in [0.2, 0.25) is 0 Å². The van der Waals surface area contributed by atoms with E-state index in [1.165, 1.54) is 0 Å². The molecule has 8 nitrogen and oxygen atoms in total. The van der Waals surface area contributed by atoms with Crippen molar-refractivity contribution in [2.75, 3.05) is 0 Å². The van der Waals surface area contributed by atoms with Gasteiger partial charge in [0.25, 0.3) is 0 Å². The van der Waals surface area contributed by atoms with Crippen molar-refractivity contribution in [1.29, 1.82) is 0 Å². The van der Waals surface area contributed by atoms with E-state index in [0.29, 0.717) is 24.7 Å². The smallest absolute Gasteiger partial charge is 0.338 e. The van der Waals surface area contributed by atoms with Gasteiger partial charge in [0.15, 0.2) is 0 Å². The Kier molecular flexibility index (Phi) is 6.99. The number of esters is 4. The third-order valence-electron chi connectivity index (χ3n) is 6.10. The molecular weight excluding hydrogens is 404 g/mol. The molecule has 0 amide bonds. The van der Waals surface area contributed by atoms with Gasteiger partial charge in [0, 0.05) is 18.2 Å². The number of allylic oxidation sites excluding steroid dienone is 4. The van der Waals surface area contributed by atoms with Gasteiger partial charge in [-0.1, -0.05) is 30.9 Å². The van der Waals surface area contributed by atoms with Crippen LogP contribution in [-0.4, -0.2) is 35.0 Å². The first-order valence-electron chi connectivity index (χ1n) is 10.2. The van der Waals surface area contributed by atoms with Crippen LogP contribution < -0.4 is 0 Å². The van der Waals surface area contributed by atoms with Crippen LogP contribution in [0.4, 0.5) is 0 Å². The number of ether oxygens (including phenoxy) is 2. The second-order valence-corrected chi connectivity index (χ2v) is 8.13. The first-order valence-corrected chi connectivity index (χ1v) is 10.2. The molecule has 4 bridgehead atoms. The van der Waals surface area contributed by atoms with Crippen LogP contribution in [0, 0.1) is 35.5 Å². The first kappa shape index (κ1) is 22.4. The second kappa shape index (κ2) is 9.68. The summed E-state index contributed by atoms with van der Waals surface area (Å²) < 4.78 is 9.56. The summed E-state index contributed by atoms with van der Waals surface area (Å²) in [6.45, 7) is 2.96. The highest BCUT2D eigenvalue weighted by Gasteiger charge is 2.42. The van der Waals surface area contributed by atoms with Crippen LogP contribution in [0.3, 0.4) is 0 Å². The molecule has 6 atom stereocenters. The van der Waals surface area contributed by atoms with Crippen LogP contribution in [0.25, 0.3) is 0 Å². The van der Waals surface area contributed by atoms with Crippen molar-refractivity contribution in [3.63, 3.8) is 0 Å². The Labute approximate surface area is 179 Å². The first-order chi connectivity index (χ1) is 14.8. The lowest BCUT2D eigenvalue weighted by Gasteiger charge is -2.15. The third kappa shape index (κ3) is 5.65. The highest BCUT2D eigenvalue weighted by molar-refractivity contribution is 5.99. The van der Waals surface area contributed by atoms with Crippen molar-refractivity contribution in [2.45, 2.75) is 25.7 Å². The molecule has 4 aliphatic carbocycles. The summed E-state index contributed by atoms with van der Waals surface area (Å²) in [4.78, 5) is 56.7. The van der Waals surface area contributed by atoms with Gasteiger partial charge in [0.1, 0.15) is 0 Å². The van der Waals surface area contributed by atoms with Crippen molar-refractivity contribution >= 4 is 29.8 Å². The average Bonchev–Trinajstić information content (AvgIpc) is 3.54. The number of carboxylic acids is 1. The van der Waals surface area contributed by atoms with Crippen LogP contribution in [0.5, 0.6) is 0 Å². The van der Waals surface area contributed by atoms with Gasteiger partial charge in [-0.2, -0.15) is 0 Å². The molecule has 164 valence electrons. The van der Waals surface area contributed by atoms with E-state index in [1.54, 1.807) is 0 Å². The second-order valence-electron chi connectivity index (χ2n) is 8.13. The predicted molar refractivity (Wildman–Crippen MR) is 107 cm³/mol. The van der Waals surface area contributed by atoms with Gasteiger partial charge in [0.05, 0.1) is 11.8 Å². The number of hydrogen-bond donors (Lipinski definition) is 1. The minimum absolute atomic E-state index is 0.141. The number of carbonyl (C=O) groups excluding carboxylic acids is 4. The van der Waals surface area contributed by atoms with E-state index in [2.05, 4.69) is 18.7 Å². The zero-order valence-electron chi connectivity index (χ0n) is 16.8. The van der Waals surface area contributed by atoms with Crippen LogP contribution in [0.15, 0.2) is 49.1 Å². The monoisotopic (exact) mass is 428 g/mol. The molecule has 0 heterocycles. The minimum atomic E-state index is -0.981. The molecule has 0 aromatic carbocycles. The lowest BCUT2D eigenvalue weighted by Crippen LogP contribution is -2.24. The molecule has 0 aliphatic heterocycles. The Balaban J connectivity index is 0.000000491. The van der Waals surface area contributed by atoms with Crippen molar-refractivity contribution < 1.29 is 38.6 Å². The van der Waals surface area contributed by atoms with Gasteiger partial charge in [-0.05, 0) is 49.4 Å². The zero-order chi connectivity index (χ0) is 22.5. The highest BCUT2D eigenvalue weighted by atomic mass is 16.6. The number of rotatable bonds is 5. The number of carbonyl (C=O) groups is 5. The van der Waals surface area contributed by atoms with E-state index in [4.69, 9.17) is 14.6 Å². The molecule has 31 heavy (non-hydrogen) atoms. The van der Waals surface area contributed by atoms with E-state index in [-0.39, 0.29) is 23.7 Å². The minimum Gasteiger partial charge on any atom is -0.478 e. The molecule has 1 N–H and O–H groups in total. The number of fused-ring (bicyclic) bond motifs is 4. The molecule has 0 aromatic heterocycles. The lowest BCUT2D eigenvalue weighted by molar-refractivity contribution is -0.162. The van der Waals surface area contributed by atoms with Gasteiger partial charge in [-0.25, -0.2) is 14.4 Å². The summed E-state index contributed by atoms with van der Waals surface area (Å²) in [7, 11) is 0. The third-order valence-corrected chi connectivity index (χ3v) is 6.10. The van der Waals surface area contributed by atoms with E-state index < -0.39 is 29.8 Å². The molecule has 2 fully saturated rings. The summed E-state index contributed by atoms with van der Waals surface area (Å²) in [5.74, 6) is -3.46. The molecule has 0 spiro atoms. The topological polar surface area (TPSA) is 124 Å². The van der Waals surface area contributed by atoms with Crippen molar-refractivity contribution in [3.05, 3.63) is 49.1 Å². The Hall–Kier alpha value is -3.29. The Morgan fingerprint density at radius 2 is 1.13 bits per heavy atom. The highest BCUT2D eigenvalue weighted by Crippen LogP contribution is 2.44. The maximum absolute atomic E-state index is 12.0. The Morgan fingerprint density at radius 1 is 0.742 bits per heavy atom. The summed E-state index contributed by atoms with van der Waals surface area (Å²) in [6.07, 6.45) is 13.9. The lowest BCUT2D eigenvalue weighted by atomic mass is 9.94. The molecule has 0 saturated heterocycles. The molecule has 0 aromatic rings.